The van der Waals surface area contributed by atoms with Crippen LogP contribution in [0, 0.1) is 0 Å². The molecule has 0 aromatic heterocycles. The molecular formula is C16H14F3N. The normalized spacial score (nSPS) is 17.0. The van der Waals surface area contributed by atoms with Gasteiger partial charge in [0.25, 0.3) is 0 Å². The highest BCUT2D eigenvalue weighted by atomic mass is 19.4. The topological polar surface area (TPSA) is 26.0 Å². The average molecular weight is 277 g/mol. The Morgan fingerprint density at radius 1 is 0.900 bits per heavy atom. The predicted molar refractivity (Wildman–Crippen MR) is 72.0 cm³/mol. The Morgan fingerprint density at radius 2 is 1.50 bits per heavy atom. The number of hydrogen-bond acceptors (Lipinski definition) is 1. The fourth-order valence-electron chi connectivity index (χ4n) is 2.41. The minimum atomic E-state index is -4.30. The van der Waals surface area contributed by atoms with Crippen molar-refractivity contribution >= 4 is 0 Å². The number of benzene rings is 2. The third-order valence-corrected chi connectivity index (χ3v) is 3.78. The Hall–Kier alpha value is -1.81. The van der Waals surface area contributed by atoms with Crippen molar-refractivity contribution in [3.8, 4) is 11.1 Å². The molecule has 0 radical (unpaired) electrons. The van der Waals surface area contributed by atoms with Gasteiger partial charge in [-0.3, -0.25) is 0 Å². The number of rotatable bonds is 2. The summed E-state index contributed by atoms with van der Waals surface area (Å²) in [6.07, 6.45) is -2.46. The van der Waals surface area contributed by atoms with Crippen molar-refractivity contribution < 1.29 is 13.2 Å². The van der Waals surface area contributed by atoms with Gasteiger partial charge in [-0.25, -0.2) is 0 Å². The van der Waals surface area contributed by atoms with Crippen LogP contribution in [-0.4, -0.2) is 0 Å². The van der Waals surface area contributed by atoms with E-state index in [2.05, 4.69) is 0 Å². The van der Waals surface area contributed by atoms with Gasteiger partial charge in [-0.15, -0.1) is 0 Å². The lowest BCUT2D eigenvalue weighted by Crippen LogP contribution is -2.19. The number of nitrogens with two attached hydrogens (primary N) is 1. The Labute approximate surface area is 115 Å². The van der Waals surface area contributed by atoms with Crippen LogP contribution >= 0.6 is 0 Å². The predicted octanol–water partition coefficient (Wildman–Crippen LogP) is 4.32. The van der Waals surface area contributed by atoms with Crippen molar-refractivity contribution in [2.45, 2.75) is 24.6 Å². The van der Waals surface area contributed by atoms with Crippen LogP contribution in [0.25, 0.3) is 11.1 Å². The molecular weight excluding hydrogens is 263 g/mol. The molecule has 1 nitrogen and oxygen atoms in total. The monoisotopic (exact) mass is 277 g/mol. The third kappa shape index (κ3) is 2.31. The molecule has 0 aliphatic heterocycles. The van der Waals surface area contributed by atoms with Gasteiger partial charge in [-0.05, 0) is 41.7 Å². The molecule has 1 saturated carbocycles. The molecule has 0 saturated heterocycles. The van der Waals surface area contributed by atoms with Crippen molar-refractivity contribution in [2.24, 2.45) is 5.73 Å². The van der Waals surface area contributed by atoms with Gasteiger partial charge in [0.15, 0.2) is 0 Å². The second kappa shape index (κ2) is 4.35. The van der Waals surface area contributed by atoms with E-state index >= 15 is 0 Å². The SMILES string of the molecule is NC1(c2ccccc2-c2ccc(C(F)(F)F)cc2)CC1. The lowest BCUT2D eigenvalue weighted by atomic mass is 9.93. The number of hydrogen-bond donors (Lipinski definition) is 1. The van der Waals surface area contributed by atoms with Crippen molar-refractivity contribution in [1.29, 1.82) is 0 Å². The van der Waals surface area contributed by atoms with Crippen LogP contribution in [0.4, 0.5) is 13.2 Å². The lowest BCUT2D eigenvalue weighted by molar-refractivity contribution is -0.137. The molecule has 1 fully saturated rings. The minimum Gasteiger partial charge on any atom is -0.321 e. The molecule has 3 rings (SSSR count). The molecule has 0 unspecified atom stereocenters. The fraction of sp³-hybridized carbons (Fsp3) is 0.250. The largest absolute Gasteiger partial charge is 0.416 e. The maximum absolute atomic E-state index is 12.6. The minimum absolute atomic E-state index is 0.306. The number of halogens is 3. The zero-order valence-corrected chi connectivity index (χ0v) is 10.7. The van der Waals surface area contributed by atoms with Gasteiger partial charge in [0.1, 0.15) is 0 Å². The van der Waals surface area contributed by atoms with Gasteiger partial charge in [0.2, 0.25) is 0 Å². The van der Waals surface area contributed by atoms with Crippen molar-refractivity contribution in [3.05, 3.63) is 59.7 Å². The lowest BCUT2D eigenvalue weighted by Gasteiger charge is -2.16. The van der Waals surface area contributed by atoms with Crippen LogP contribution in [0.3, 0.4) is 0 Å². The highest BCUT2D eigenvalue weighted by Crippen LogP contribution is 2.46. The summed E-state index contributed by atoms with van der Waals surface area (Å²) in [6, 6.07) is 12.9. The van der Waals surface area contributed by atoms with Crippen molar-refractivity contribution in [3.63, 3.8) is 0 Å². The van der Waals surface area contributed by atoms with Gasteiger partial charge < -0.3 is 5.73 Å². The maximum Gasteiger partial charge on any atom is 0.416 e. The van der Waals surface area contributed by atoms with Crippen LogP contribution in [0.5, 0.6) is 0 Å². The highest BCUT2D eigenvalue weighted by Gasteiger charge is 2.41. The highest BCUT2D eigenvalue weighted by molar-refractivity contribution is 5.69. The van der Waals surface area contributed by atoms with Gasteiger partial charge in [0.05, 0.1) is 5.56 Å². The average Bonchev–Trinajstić information content (AvgIpc) is 3.17. The first-order valence-corrected chi connectivity index (χ1v) is 6.46. The van der Waals surface area contributed by atoms with E-state index in [0.717, 1.165) is 41.7 Å². The van der Waals surface area contributed by atoms with Crippen LogP contribution in [0.15, 0.2) is 48.5 Å². The molecule has 0 heterocycles. The van der Waals surface area contributed by atoms with E-state index in [4.69, 9.17) is 5.73 Å². The van der Waals surface area contributed by atoms with Crippen LogP contribution in [0.2, 0.25) is 0 Å². The summed E-state index contributed by atoms with van der Waals surface area (Å²) in [4.78, 5) is 0. The summed E-state index contributed by atoms with van der Waals surface area (Å²) < 4.78 is 37.7. The van der Waals surface area contributed by atoms with Crippen LogP contribution in [0.1, 0.15) is 24.0 Å². The Kier molecular flexibility index (Phi) is 2.87. The zero-order valence-electron chi connectivity index (χ0n) is 10.7. The molecule has 0 bridgehead atoms. The van der Waals surface area contributed by atoms with E-state index < -0.39 is 11.7 Å². The molecule has 0 spiro atoms. The van der Waals surface area contributed by atoms with Crippen LogP contribution in [-0.2, 0) is 11.7 Å². The first-order valence-electron chi connectivity index (χ1n) is 6.46. The molecule has 104 valence electrons. The van der Waals surface area contributed by atoms with E-state index in [1.807, 2.05) is 24.3 Å². The molecule has 2 N–H and O–H groups in total. The Balaban J connectivity index is 2.02. The smallest absolute Gasteiger partial charge is 0.321 e. The van der Waals surface area contributed by atoms with Gasteiger partial charge in [-0.2, -0.15) is 13.2 Å². The van der Waals surface area contributed by atoms with E-state index in [9.17, 15) is 13.2 Å². The summed E-state index contributed by atoms with van der Waals surface area (Å²) in [7, 11) is 0. The molecule has 4 heteroatoms. The zero-order chi connectivity index (χ0) is 14.4. The summed E-state index contributed by atoms with van der Waals surface area (Å²) in [5.41, 5.74) is 7.99. The van der Waals surface area contributed by atoms with Gasteiger partial charge in [-0.1, -0.05) is 36.4 Å². The maximum atomic E-state index is 12.6. The first-order chi connectivity index (χ1) is 9.40. The molecule has 0 atom stereocenters. The van der Waals surface area contributed by atoms with Crippen LogP contribution < -0.4 is 5.73 Å². The summed E-state index contributed by atoms with van der Waals surface area (Å²) in [5, 5.41) is 0. The molecule has 0 amide bonds. The second-order valence-corrected chi connectivity index (χ2v) is 5.28. The summed E-state index contributed by atoms with van der Waals surface area (Å²) in [6.45, 7) is 0. The van der Waals surface area contributed by atoms with Gasteiger partial charge in [0, 0.05) is 5.54 Å². The van der Waals surface area contributed by atoms with E-state index in [1.165, 1.54) is 12.1 Å². The molecule has 2 aromatic carbocycles. The molecule has 1 aliphatic rings. The Bertz CT molecular complexity index is 625. The second-order valence-electron chi connectivity index (χ2n) is 5.28. The quantitative estimate of drug-likeness (QED) is 0.869. The Morgan fingerprint density at radius 3 is 2.05 bits per heavy atom. The van der Waals surface area contributed by atoms with Crippen molar-refractivity contribution in [1.82, 2.24) is 0 Å². The van der Waals surface area contributed by atoms with E-state index in [1.54, 1.807) is 0 Å². The van der Waals surface area contributed by atoms with E-state index in [-0.39, 0.29) is 5.54 Å². The summed E-state index contributed by atoms with van der Waals surface area (Å²) >= 11 is 0. The third-order valence-electron chi connectivity index (χ3n) is 3.78. The standard InChI is InChI=1S/C16H14F3N/c17-16(18,19)12-7-5-11(6-8-12)13-3-1-2-4-14(13)15(20)9-10-15/h1-8H,9-10,20H2. The number of alkyl halides is 3. The van der Waals surface area contributed by atoms with Crippen molar-refractivity contribution in [2.75, 3.05) is 0 Å². The van der Waals surface area contributed by atoms with E-state index in [0.29, 0.717) is 0 Å². The molecule has 1 aliphatic carbocycles. The first kappa shape index (κ1) is 13.2. The summed E-state index contributed by atoms with van der Waals surface area (Å²) in [5.74, 6) is 0. The fourth-order valence-corrected chi connectivity index (χ4v) is 2.41. The van der Waals surface area contributed by atoms with Gasteiger partial charge >= 0.3 is 6.18 Å². The molecule has 20 heavy (non-hydrogen) atoms. The molecule has 2 aromatic rings.